The van der Waals surface area contributed by atoms with Gasteiger partial charge in [-0.1, -0.05) is 0 Å². The molecule has 6 heteroatoms. The fraction of sp³-hybridized carbons (Fsp3) is 0.462. The molecule has 2 heterocycles. The van der Waals surface area contributed by atoms with E-state index in [1.54, 1.807) is 12.4 Å². The van der Waals surface area contributed by atoms with E-state index in [0.717, 1.165) is 36.6 Å². The van der Waals surface area contributed by atoms with E-state index in [0.29, 0.717) is 17.8 Å². The van der Waals surface area contributed by atoms with Crippen molar-refractivity contribution < 1.29 is 5.11 Å². The predicted molar refractivity (Wildman–Crippen MR) is 73.6 cm³/mol. The van der Waals surface area contributed by atoms with E-state index in [4.69, 9.17) is 5.73 Å². The van der Waals surface area contributed by atoms with Crippen LogP contribution in [0.4, 0.5) is 11.8 Å². The molecule has 3 rings (SSSR count). The van der Waals surface area contributed by atoms with Crippen molar-refractivity contribution in [3.8, 4) is 0 Å². The summed E-state index contributed by atoms with van der Waals surface area (Å²) < 4.78 is 0. The first-order valence-electron chi connectivity index (χ1n) is 6.54. The number of nitrogens with zero attached hydrogens (tertiary/aromatic N) is 3. The Hall–Kier alpha value is -1.95. The van der Waals surface area contributed by atoms with Gasteiger partial charge in [0.2, 0.25) is 5.95 Å². The molecule has 2 aromatic heterocycles. The van der Waals surface area contributed by atoms with E-state index in [-0.39, 0.29) is 6.10 Å². The molecule has 0 bridgehead atoms. The summed E-state index contributed by atoms with van der Waals surface area (Å²) in [5.41, 5.74) is 6.56. The maximum atomic E-state index is 9.49. The van der Waals surface area contributed by atoms with E-state index >= 15 is 0 Å². The lowest BCUT2D eigenvalue weighted by atomic mass is 9.93. The number of rotatable bonds is 2. The molecule has 0 atom stereocenters. The fourth-order valence-electron chi connectivity index (χ4n) is 2.45. The minimum Gasteiger partial charge on any atom is -0.393 e. The molecule has 1 saturated carbocycles. The van der Waals surface area contributed by atoms with Crippen molar-refractivity contribution in [3.05, 3.63) is 18.5 Å². The molecule has 0 unspecified atom stereocenters. The Bertz CT molecular complexity index is 580. The molecule has 0 saturated heterocycles. The van der Waals surface area contributed by atoms with E-state index in [1.165, 1.54) is 0 Å². The maximum absolute atomic E-state index is 9.49. The van der Waals surface area contributed by atoms with E-state index in [9.17, 15) is 5.11 Å². The lowest BCUT2D eigenvalue weighted by molar-refractivity contribution is 0.126. The summed E-state index contributed by atoms with van der Waals surface area (Å²) in [5, 5.41) is 13.6. The SMILES string of the molecule is Nc1nccc2nc(NC3CCC(O)CC3)ncc12. The first-order chi connectivity index (χ1) is 9.22. The van der Waals surface area contributed by atoms with Gasteiger partial charge in [0.25, 0.3) is 0 Å². The Balaban J connectivity index is 1.78. The van der Waals surface area contributed by atoms with Gasteiger partial charge in [-0.3, -0.25) is 0 Å². The topological polar surface area (TPSA) is 97.0 Å². The van der Waals surface area contributed by atoms with Crippen LogP contribution >= 0.6 is 0 Å². The van der Waals surface area contributed by atoms with Crippen LogP contribution in [0.25, 0.3) is 10.9 Å². The lowest BCUT2D eigenvalue weighted by Gasteiger charge is -2.26. The van der Waals surface area contributed by atoms with E-state index in [2.05, 4.69) is 20.3 Å². The second-order valence-corrected chi connectivity index (χ2v) is 4.97. The number of hydrogen-bond acceptors (Lipinski definition) is 6. The van der Waals surface area contributed by atoms with E-state index in [1.807, 2.05) is 6.07 Å². The van der Waals surface area contributed by atoms with Crippen molar-refractivity contribution in [1.29, 1.82) is 0 Å². The normalized spacial score (nSPS) is 23.4. The molecule has 1 aliphatic carbocycles. The molecule has 19 heavy (non-hydrogen) atoms. The van der Waals surface area contributed by atoms with Gasteiger partial charge in [0.1, 0.15) is 5.82 Å². The van der Waals surface area contributed by atoms with Gasteiger partial charge in [0.05, 0.1) is 17.0 Å². The number of aliphatic hydroxyl groups is 1. The number of anilines is 2. The van der Waals surface area contributed by atoms with Gasteiger partial charge in [-0.2, -0.15) is 0 Å². The van der Waals surface area contributed by atoms with Gasteiger partial charge in [-0.25, -0.2) is 15.0 Å². The van der Waals surface area contributed by atoms with Crippen LogP contribution in [0, 0.1) is 0 Å². The summed E-state index contributed by atoms with van der Waals surface area (Å²) in [5.74, 6) is 1.06. The molecule has 0 amide bonds. The number of fused-ring (bicyclic) bond motifs is 1. The van der Waals surface area contributed by atoms with Crippen molar-refractivity contribution in [3.63, 3.8) is 0 Å². The number of aromatic nitrogens is 3. The van der Waals surface area contributed by atoms with Crippen molar-refractivity contribution in [2.45, 2.75) is 37.8 Å². The van der Waals surface area contributed by atoms with Crippen molar-refractivity contribution in [1.82, 2.24) is 15.0 Å². The van der Waals surface area contributed by atoms with Gasteiger partial charge >= 0.3 is 0 Å². The Morgan fingerprint density at radius 3 is 2.79 bits per heavy atom. The van der Waals surface area contributed by atoms with Crippen LogP contribution in [0.3, 0.4) is 0 Å². The molecule has 0 radical (unpaired) electrons. The minimum atomic E-state index is -0.151. The van der Waals surface area contributed by atoms with Crippen LogP contribution in [0.1, 0.15) is 25.7 Å². The number of nitrogens with two attached hydrogens (primary N) is 1. The van der Waals surface area contributed by atoms with Gasteiger partial charge in [-0.05, 0) is 31.7 Å². The second kappa shape index (κ2) is 4.97. The molecular weight excluding hydrogens is 242 g/mol. The average Bonchev–Trinajstić information content (AvgIpc) is 2.42. The standard InChI is InChI=1S/C13H17N5O/c14-12-10-7-16-13(18-11(10)5-6-15-12)17-8-1-3-9(19)4-2-8/h5-9,19H,1-4H2,(H2,14,15)(H,16,17,18). The summed E-state index contributed by atoms with van der Waals surface area (Å²) in [6, 6.07) is 2.16. The van der Waals surface area contributed by atoms with Crippen LogP contribution in [0.2, 0.25) is 0 Å². The third-order valence-electron chi connectivity index (χ3n) is 3.57. The maximum Gasteiger partial charge on any atom is 0.223 e. The highest BCUT2D eigenvalue weighted by molar-refractivity contribution is 5.87. The Kier molecular flexibility index (Phi) is 3.16. The van der Waals surface area contributed by atoms with Crippen molar-refractivity contribution >= 4 is 22.7 Å². The summed E-state index contributed by atoms with van der Waals surface area (Å²) >= 11 is 0. The third-order valence-corrected chi connectivity index (χ3v) is 3.57. The molecule has 0 aromatic carbocycles. The van der Waals surface area contributed by atoms with Gasteiger partial charge in [-0.15, -0.1) is 0 Å². The summed E-state index contributed by atoms with van der Waals surface area (Å²) in [7, 11) is 0. The van der Waals surface area contributed by atoms with Gasteiger partial charge in [0.15, 0.2) is 0 Å². The van der Waals surface area contributed by atoms with Gasteiger partial charge < -0.3 is 16.2 Å². The van der Waals surface area contributed by atoms with Crippen LogP contribution in [0.15, 0.2) is 18.5 Å². The highest BCUT2D eigenvalue weighted by Crippen LogP contribution is 2.22. The quantitative estimate of drug-likeness (QED) is 0.752. The van der Waals surface area contributed by atoms with Crippen molar-refractivity contribution in [2.24, 2.45) is 0 Å². The summed E-state index contributed by atoms with van der Waals surface area (Å²) in [6.45, 7) is 0. The molecule has 1 aliphatic rings. The molecule has 0 spiro atoms. The van der Waals surface area contributed by atoms with Crippen LogP contribution in [-0.2, 0) is 0 Å². The zero-order valence-electron chi connectivity index (χ0n) is 10.6. The van der Waals surface area contributed by atoms with Crippen LogP contribution in [-0.4, -0.2) is 32.2 Å². The van der Waals surface area contributed by atoms with E-state index < -0.39 is 0 Å². The summed E-state index contributed by atoms with van der Waals surface area (Å²) in [6.07, 6.45) is 6.75. The zero-order valence-corrected chi connectivity index (χ0v) is 10.6. The first kappa shape index (κ1) is 12.1. The lowest BCUT2D eigenvalue weighted by Crippen LogP contribution is -2.28. The average molecular weight is 259 g/mol. The largest absolute Gasteiger partial charge is 0.393 e. The van der Waals surface area contributed by atoms with Gasteiger partial charge in [0, 0.05) is 18.4 Å². The van der Waals surface area contributed by atoms with Crippen molar-refractivity contribution in [2.75, 3.05) is 11.1 Å². The fourth-order valence-corrected chi connectivity index (χ4v) is 2.45. The number of hydrogen-bond donors (Lipinski definition) is 3. The highest BCUT2D eigenvalue weighted by atomic mass is 16.3. The molecule has 4 N–H and O–H groups in total. The molecular formula is C13H17N5O. The first-order valence-corrected chi connectivity index (χ1v) is 6.54. The molecule has 2 aromatic rings. The Morgan fingerprint density at radius 2 is 2.00 bits per heavy atom. The number of aliphatic hydroxyl groups excluding tert-OH is 1. The Labute approximate surface area is 111 Å². The molecule has 6 nitrogen and oxygen atoms in total. The minimum absolute atomic E-state index is 0.151. The zero-order chi connectivity index (χ0) is 13.2. The van der Waals surface area contributed by atoms with Crippen LogP contribution < -0.4 is 11.1 Å². The monoisotopic (exact) mass is 259 g/mol. The summed E-state index contributed by atoms with van der Waals surface area (Å²) in [4.78, 5) is 12.7. The molecule has 100 valence electrons. The highest BCUT2D eigenvalue weighted by Gasteiger charge is 2.19. The van der Waals surface area contributed by atoms with Crippen LogP contribution in [0.5, 0.6) is 0 Å². The molecule has 0 aliphatic heterocycles. The Morgan fingerprint density at radius 1 is 1.21 bits per heavy atom. The number of nitrogen functional groups attached to an aromatic ring is 1. The third kappa shape index (κ3) is 2.58. The molecule has 1 fully saturated rings. The second-order valence-electron chi connectivity index (χ2n) is 4.97. The number of pyridine rings is 1. The smallest absolute Gasteiger partial charge is 0.223 e. The number of nitrogens with one attached hydrogen (secondary N) is 1. The predicted octanol–water partition coefficient (Wildman–Crippen LogP) is 1.32.